The predicted octanol–water partition coefficient (Wildman–Crippen LogP) is 2.92. The first-order valence-corrected chi connectivity index (χ1v) is 5.39. The zero-order valence-electron chi connectivity index (χ0n) is 8.45. The van der Waals surface area contributed by atoms with Crippen molar-refractivity contribution in [3.8, 4) is 0 Å². The second-order valence-corrected chi connectivity index (χ2v) is 4.51. The third-order valence-corrected chi connectivity index (χ3v) is 2.99. The average molecular weight is 254 g/mol. The van der Waals surface area contributed by atoms with Crippen molar-refractivity contribution < 1.29 is 0 Å². The van der Waals surface area contributed by atoms with E-state index in [2.05, 4.69) is 39.9 Å². The smallest absolute Gasteiger partial charge is 0.117 e. The fourth-order valence-electron chi connectivity index (χ4n) is 1.41. The SMILES string of the molecule is Cc1cc2c(Br)c(C(C)C)nn2cn1. The summed E-state index contributed by atoms with van der Waals surface area (Å²) in [6.07, 6.45) is 1.75. The van der Waals surface area contributed by atoms with Gasteiger partial charge in [-0.1, -0.05) is 13.8 Å². The lowest BCUT2D eigenvalue weighted by Gasteiger charge is -1.97. The number of fused-ring (bicyclic) bond motifs is 1. The number of hydrogen-bond donors (Lipinski definition) is 0. The van der Waals surface area contributed by atoms with Crippen molar-refractivity contribution in [3.05, 3.63) is 28.3 Å². The highest BCUT2D eigenvalue weighted by molar-refractivity contribution is 9.10. The van der Waals surface area contributed by atoms with Crippen molar-refractivity contribution in [1.82, 2.24) is 14.6 Å². The normalized spacial score (nSPS) is 11.5. The Hall–Kier alpha value is -0.900. The van der Waals surface area contributed by atoms with Gasteiger partial charge in [0.1, 0.15) is 6.33 Å². The van der Waals surface area contributed by atoms with Gasteiger partial charge in [0, 0.05) is 5.69 Å². The molecular weight excluding hydrogens is 242 g/mol. The van der Waals surface area contributed by atoms with Crippen LogP contribution in [0.5, 0.6) is 0 Å². The van der Waals surface area contributed by atoms with Crippen molar-refractivity contribution in [2.75, 3.05) is 0 Å². The van der Waals surface area contributed by atoms with Crippen LogP contribution in [0.25, 0.3) is 5.52 Å². The molecule has 74 valence electrons. The van der Waals surface area contributed by atoms with Gasteiger partial charge in [-0.3, -0.25) is 0 Å². The number of halogens is 1. The maximum absolute atomic E-state index is 4.46. The standard InChI is InChI=1S/C10H12BrN3/c1-6(2)10-9(11)8-4-7(3)12-5-14(8)13-10/h4-6H,1-3H3. The third-order valence-electron chi connectivity index (χ3n) is 2.18. The highest BCUT2D eigenvalue weighted by Gasteiger charge is 2.12. The van der Waals surface area contributed by atoms with E-state index in [-0.39, 0.29) is 0 Å². The van der Waals surface area contributed by atoms with Crippen LogP contribution in [-0.4, -0.2) is 14.6 Å². The zero-order chi connectivity index (χ0) is 10.3. The highest BCUT2D eigenvalue weighted by Crippen LogP contribution is 2.27. The van der Waals surface area contributed by atoms with Gasteiger partial charge in [0.25, 0.3) is 0 Å². The molecule has 0 saturated carbocycles. The van der Waals surface area contributed by atoms with Gasteiger partial charge < -0.3 is 0 Å². The van der Waals surface area contributed by atoms with Crippen LogP contribution in [0.3, 0.4) is 0 Å². The number of hydrogen-bond acceptors (Lipinski definition) is 2. The molecule has 2 heterocycles. The Morgan fingerprint density at radius 2 is 2.14 bits per heavy atom. The molecule has 14 heavy (non-hydrogen) atoms. The number of nitrogens with zero attached hydrogens (tertiary/aromatic N) is 3. The van der Waals surface area contributed by atoms with Crippen LogP contribution in [0.1, 0.15) is 31.2 Å². The molecule has 0 atom stereocenters. The van der Waals surface area contributed by atoms with E-state index in [1.807, 2.05) is 17.5 Å². The number of aromatic nitrogens is 3. The molecule has 0 aliphatic rings. The van der Waals surface area contributed by atoms with E-state index >= 15 is 0 Å². The molecule has 0 aromatic carbocycles. The molecule has 0 unspecified atom stereocenters. The first-order chi connectivity index (χ1) is 6.59. The van der Waals surface area contributed by atoms with E-state index < -0.39 is 0 Å². The molecule has 3 nitrogen and oxygen atoms in total. The Morgan fingerprint density at radius 1 is 1.43 bits per heavy atom. The summed E-state index contributed by atoms with van der Waals surface area (Å²) in [6.45, 7) is 6.24. The molecule has 0 bridgehead atoms. The monoisotopic (exact) mass is 253 g/mol. The Kier molecular flexibility index (Phi) is 2.31. The first-order valence-electron chi connectivity index (χ1n) is 4.60. The molecule has 2 rings (SSSR count). The van der Waals surface area contributed by atoms with Crippen LogP contribution in [0.15, 0.2) is 16.9 Å². The Morgan fingerprint density at radius 3 is 2.79 bits per heavy atom. The van der Waals surface area contributed by atoms with E-state index in [1.54, 1.807) is 6.33 Å². The maximum Gasteiger partial charge on any atom is 0.117 e. The summed E-state index contributed by atoms with van der Waals surface area (Å²) in [7, 11) is 0. The highest BCUT2D eigenvalue weighted by atomic mass is 79.9. The Bertz CT molecular complexity index is 473. The van der Waals surface area contributed by atoms with Gasteiger partial charge in [0.2, 0.25) is 0 Å². The van der Waals surface area contributed by atoms with E-state index in [0.29, 0.717) is 5.92 Å². The van der Waals surface area contributed by atoms with Crippen molar-refractivity contribution in [1.29, 1.82) is 0 Å². The van der Waals surface area contributed by atoms with Gasteiger partial charge in [-0.05, 0) is 34.8 Å². The summed E-state index contributed by atoms with van der Waals surface area (Å²) < 4.78 is 2.89. The van der Waals surface area contributed by atoms with Gasteiger partial charge in [0.15, 0.2) is 0 Å². The lowest BCUT2D eigenvalue weighted by molar-refractivity contribution is 0.778. The van der Waals surface area contributed by atoms with Crippen molar-refractivity contribution in [2.45, 2.75) is 26.7 Å². The summed E-state index contributed by atoms with van der Waals surface area (Å²) in [6, 6.07) is 2.03. The fourth-order valence-corrected chi connectivity index (χ4v) is 2.25. The minimum absolute atomic E-state index is 0.421. The number of rotatable bonds is 1. The van der Waals surface area contributed by atoms with Gasteiger partial charge in [-0.15, -0.1) is 0 Å². The molecule has 0 amide bonds. The second-order valence-electron chi connectivity index (χ2n) is 3.71. The first kappa shape index (κ1) is 9.65. The molecule has 0 aliphatic carbocycles. The molecule has 0 N–H and O–H groups in total. The largest absolute Gasteiger partial charge is 0.242 e. The molecule has 0 aliphatic heterocycles. The predicted molar refractivity (Wildman–Crippen MR) is 59.5 cm³/mol. The summed E-state index contributed by atoms with van der Waals surface area (Å²) in [5.74, 6) is 0.421. The topological polar surface area (TPSA) is 30.2 Å². The summed E-state index contributed by atoms with van der Waals surface area (Å²) in [5.41, 5.74) is 3.17. The zero-order valence-corrected chi connectivity index (χ0v) is 10.0. The second kappa shape index (κ2) is 3.35. The van der Waals surface area contributed by atoms with Gasteiger partial charge in [-0.25, -0.2) is 9.50 Å². The van der Waals surface area contributed by atoms with Crippen LogP contribution >= 0.6 is 15.9 Å². The summed E-state index contributed by atoms with van der Waals surface area (Å²) in [4.78, 5) is 4.20. The van der Waals surface area contributed by atoms with Crippen molar-refractivity contribution >= 4 is 21.4 Å². The molecule has 0 fully saturated rings. The van der Waals surface area contributed by atoms with E-state index in [1.165, 1.54) is 0 Å². The van der Waals surface area contributed by atoms with Crippen molar-refractivity contribution in [3.63, 3.8) is 0 Å². The molecule has 0 spiro atoms. The van der Waals surface area contributed by atoms with Crippen LogP contribution in [0.4, 0.5) is 0 Å². The molecule has 4 heteroatoms. The quantitative estimate of drug-likeness (QED) is 0.783. The van der Waals surface area contributed by atoms with E-state index in [9.17, 15) is 0 Å². The molecule has 0 radical (unpaired) electrons. The molecule has 2 aromatic rings. The molecule has 2 aromatic heterocycles. The molecule has 0 saturated heterocycles. The molecular formula is C10H12BrN3. The van der Waals surface area contributed by atoms with Crippen LogP contribution in [0.2, 0.25) is 0 Å². The summed E-state index contributed by atoms with van der Waals surface area (Å²) in [5, 5.41) is 4.46. The van der Waals surface area contributed by atoms with Gasteiger partial charge >= 0.3 is 0 Å². The average Bonchev–Trinajstić information content (AvgIpc) is 2.44. The van der Waals surface area contributed by atoms with Gasteiger partial charge in [0.05, 0.1) is 15.7 Å². The fraction of sp³-hybridized carbons (Fsp3) is 0.400. The van der Waals surface area contributed by atoms with E-state index in [0.717, 1.165) is 21.4 Å². The minimum atomic E-state index is 0.421. The Labute approximate surface area is 91.3 Å². The lowest BCUT2D eigenvalue weighted by Crippen LogP contribution is -1.92. The van der Waals surface area contributed by atoms with E-state index in [4.69, 9.17) is 0 Å². The third kappa shape index (κ3) is 1.43. The van der Waals surface area contributed by atoms with Crippen LogP contribution < -0.4 is 0 Å². The maximum atomic E-state index is 4.46. The van der Waals surface area contributed by atoms with Gasteiger partial charge in [-0.2, -0.15) is 5.10 Å². The lowest BCUT2D eigenvalue weighted by atomic mass is 10.1. The number of aryl methyl sites for hydroxylation is 1. The van der Waals surface area contributed by atoms with Crippen molar-refractivity contribution in [2.24, 2.45) is 0 Å². The Balaban J connectivity index is 2.74. The summed E-state index contributed by atoms with van der Waals surface area (Å²) >= 11 is 3.58. The minimum Gasteiger partial charge on any atom is -0.242 e. The van der Waals surface area contributed by atoms with Crippen LogP contribution in [0, 0.1) is 6.92 Å². The van der Waals surface area contributed by atoms with Crippen LogP contribution in [-0.2, 0) is 0 Å².